The quantitative estimate of drug-likeness (QED) is 0.877. The molecule has 5 heterocycles. The monoisotopic (exact) mass is 367 g/mol. The van der Waals surface area contributed by atoms with Gasteiger partial charge in [-0.25, -0.2) is 9.78 Å². The highest BCUT2D eigenvalue weighted by molar-refractivity contribution is 5.85. The molecule has 0 radical (unpaired) electrons. The number of piperazine rings is 1. The number of carboxylic acids is 1. The van der Waals surface area contributed by atoms with Gasteiger partial charge >= 0.3 is 5.97 Å². The van der Waals surface area contributed by atoms with E-state index in [-0.39, 0.29) is 5.69 Å². The van der Waals surface area contributed by atoms with Crippen LogP contribution in [0.15, 0.2) is 36.4 Å². The Hall–Kier alpha value is -2.35. The molecule has 27 heavy (non-hydrogen) atoms. The minimum atomic E-state index is -0.988. The first-order valence-electron chi connectivity index (χ1n) is 9.47. The van der Waals surface area contributed by atoms with Crippen LogP contribution in [-0.2, 0) is 19.6 Å². The summed E-state index contributed by atoms with van der Waals surface area (Å²) in [4.78, 5) is 27.6. The molecule has 2 aromatic heterocycles. The largest absolute Gasteiger partial charge is 0.477 e. The fourth-order valence-electron chi connectivity index (χ4n) is 3.75. The summed E-state index contributed by atoms with van der Waals surface area (Å²) in [6.45, 7) is 8.50. The van der Waals surface area contributed by atoms with Gasteiger partial charge in [-0.1, -0.05) is 12.1 Å². The molecule has 0 spiro atoms. The first-order chi connectivity index (χ1) is 13.2. The summed E-state index contributed by atoms with van der Waals surface area (Å²) in [5, 5.41) is 9.19. The third-order valence-corrected chi connectivity index (χ3v) is 5.24. The van der Waals surface area contributed by atoms with E-state index in [1.54, 1.807) is 6.07 Å². The van der Waals surface area contributed by atoms with E-state index in [0.717, 1.165) is 69.4 Å². The molecule has 5 rings (SSSR count). The molecule has 7 heteroatoms. The Kier molecular flexibility index (Phi) is 5.42. The zero-order chi connectivity index (χ0) is 18.6. The maximum atomic E-state index is 11.2. The van der Waals surface area contributed by atoms with Crippen LogP contribution in [0.1, 0.15) is 27.6 Å². The van der Waals surface area contributed by atoms with Crippen LogP contribution in [0, 0.1) is 0 Å². The second-order valence-corrected chi connectivity index (χ2v) is 7.27. The fraction of sp³-hybridized carbons (Fsp3) is 0.450. The van der Waals surface area contributed by atoms with Crippen molar-refractivity contribution < 1.29 is 9.90 Å². The molecule has 0 aromatic carbocycles. The van der Waals surface area contributed by atoms with Crippen molar-refractivity contribution in [2.24, 2.45) is 0 Å². The van der Waals surface area contributed by atoms with Crippen LogP contribution >= 0.6 is 0 Å². The molecule has 7 nitrogen and oxygen atoms in total. The Balaban J connectivity index is 1.56. The van der Waals surface area contributed by atoms with E-state index in [1.165, 1.54) is 6.07 Å². The van der Waals surface area contributed by atoms with Gasteiger partial charge in [-0.15, -0.1) is 0 Å². The molecular weight excluding hydrogens is 342 g/mol. The van der Waals surface area contributed by atoms with Crippen LogP contribution in [-0.4, -0.2) is 75.0 Å². The first kappa shape index (κ1) is 18.0. The number of carboxylic acid groups (broad SMARTS) is 1. The Morgan fingerprint density at radius 2 is 1.52 bits per heavy atom. The Bertz CT molecular complexity index is 804. The number of hydrogen-bond acceptors (Lipinski definition) is 6. The van der Waals surface area contributed by atoms with Gasteiger partial charge < -0.3 is 5.11 Å². The number of aromatic nitrogens is 2. The highest BCUT2D eigenvalue weighted by Gasteiger charge is 2.20. The lowest BCUT2D eigenvalue weighted by Crippen LogP contribution is -2.48. The van der Waals surface area contributed by atoms with Crippen molar-refractivity contribution in [1.82, 2.24) is 24.7 Å². The molecule has 0 saturated carbocycles. The predicted molar refractivity (Wildman–Crippen MR) is 101 cm³/mol. The summed E-state index contributed by atoms with van der Waals surface area (Å²) in [7, 11) is 0. The molecule has 0 atom stereocenters. The molecule has 3 aliphatic heterocycles. The second-order valence-electron chi connectivity index (χ2n) is 7.27. The molecule has 1 saturated heterocycles. The van der Waals surface area contributed by atoms with Crippen LogP contribution in [0.4, 0.5) is 0 Å². The lowest BCUT2D eigenvalue weighted by atomic mass is 10.2. The number of pyridine rings is 2. The van der Waals surface area contributed by atoms with Crippen LogP contribution in [0.5, 0.6) is 0 Å². The average Bonchev–Trinajstić information content (AvgIpc) is 2.67. The summed E-state index contributed by atoms with van der Waals surface area (Å²) in [6.07, 6.45) is 0. The van der Waals surface area contributed by atoms with Gasteiger partial charge in [-0.3, -0.25) is 19.7 Å². The lowest BCUT2D eigenvalue weighted by Gasteiger charge is -2.36. The summed E-state index contributed by atoms with van der Waals surface area (Å²) >= 11 is 0. The van der Waals surface area contributed by atoms with E-state index in [1.807, 2.05) is 6.07 Å². The van der Waals surface area contributed by atoms with Gasteiger partial charge in [-0.2, -0.15) is 0 Å². The van der Waals surface area contributed by atoms with Crippen LogP contribution in [0.3, 0.4) is 0 Å². The fourth-order valence-corrected chi connectivity index (χ4v) is 3.75. The van der Waals surface area contributed by atoms with Crippen molar-refractivity contribution in [3.63, 3.8) is 0 Å². The molecule has 0 unspecified atom stereocenters. The Morgan fingerprint density at radius 1 is 0.852 bits per heavy atom. The molecule has 0 amide bonds. The van der Waals surface area contributed by atoms with Gasteiger partial charge in [0.1, 0.15) is 5.69 Å². The van der Waals surface area contributed by atoms with E-state index in [9.17, 15) is 9.90 Å². The van der Waals surface area contributed by atoms with E-state index >= 15 is 0 Å². The third-order valence-electron chi connectivity index (χ3n) is 5.24. The molecule has 1 N–H and O–H groups in total. The Morgan fingerprint density at radius 3 is 2.30 bits per heavy atom. The van der Waals surface area contributed by atoms with Gasteiger partial charge in [0.25, 0.3) is 0 Å². The van der Waals surface area contributed by atoms with Gasteiger partial charge in [-0.05, 0) is 24.3 Å². The summed E-state index contributed by atoms with van der Waals surface area (Å²) < 4.78 is 0. The van der Waals surface area contributed by atoms with Crippen molar-refractivity contribution in [3.05, 3.63) is 59.2 Å². The van der Waals surface area contributed by atoms with Crippen LogP contribution in [0.2, 0.25) is 0 Å². The standard InChI is InChI=1S/C20H25N5O2/c26-20(27)19-6-2-5-18(22-19)15-25-12-9-23-7-10-24(11-8-23)13-16-3-1-4-17(14-25)21-16/h1-6H,7-15H2,(H,26,27). The topological polar surface area (TPSA) is 72.8 Å². The molecule has 4 bridgehead atoms. The average molecular weight is 367 g/mol. The normalized spacial score (nSPS) is 23.4. The van der Waals surface area contributed by atoms with Gasteiger partial charge in [0.15, 0.2) is 0 Å². The van der Waals surface area contributed by atoms with Crippen LogP contribution in [0.25, 0.3) is 0 Å². The molecule has 3 aliphatic rings. The zero-order valence-electron chi connectivity index (χ0n) is 15.4. The molecule has 2 aromatic rings. The van der Waals surface area contributed by atoms with Gasteiger partial charge in [0.05, 0.1) is 17.1 Å². The van der Waals surface area contributed by atoms with Crippen molar-refractivity contribution in [1.29, 1.82) is 0 Å². The molecule has 1 fully saturated rings. The number of fused-ring (bicyclic) bond motifs is 5. The molecule has 142 valence electrons. The first-order valence-corrected chi connectivity index (χ1v) is 9.47. The smallest absolute Gasteiger partial charge is 0.354 e. The zero-order valence-corrected chi connectivity index (χ0v) is 15.4. The van der Waals surface area contributed by atoms with E-state index in [4.69, 9.17) is 4.98 Å². The van der Waals surface area contributed by atoms with E-state index in [2.05, 4.69) is 37.9 Å². The van der Waals surface area contributed by atoms with Crippen molar-refractivity contribution in [2.75, 3.05) is 39.3 Å². The number of hydrogen-bond donors (Lipinski definition) is 1. The van der Waals surface area contributed by atoms with E-state index in [0.29, 0.717) is 6.54 Å². The highest BCUT2D eigenvalue weighted by atomic mass is 16.4. The second kappa shape index (κ2) is 8.12. The summed E-state index contributed by atoms with van der Waals surface area (Å²) in [5.41, 5.74) is 3.04. The molecular formula is C20H25N5O2. The number of nitrogens with zero attached hydrogens (tertiary/aromatic N) is 5. The minimum Gasteiger partial charge on any atom is -0.477 e. The number of aromatic carboxylic acids is 1. The van der Waals surface area contributed by atoms with E-state index < -0.39 is 5.97 Å². The van der Waals surface area contributed by atoms with Crippen LogP contribution < -0.4 is 0 Å². The number of carbonyl (C=O) groups is 1. The maximum absolute atomic E-state index is 11.2. The summed E-state index contributed by atoms with van der Waals surface area (Å²) in [5.74, 6) is -0.988. The minimum absolute atomic E-state index is 0.0955. The molecule has 0 aliphatic carbocycles. The summed E-state index contributed by atoms with van der Waals surface area (Å²) in [6, 6.07) is 11.4. The highest BCUT2D eigenvalue weighted by Crippen LogP contribution is 2.13. The maximum Gasteiger partial charge on any atom is 0.354 e. The Labute approximate surface area is 159 Å². The third kappa shape index (κ3) is 4.68. The van der Waals surface area contributed by atoms with Gasteiger partial charge in [0.2, 0.25) is 0 Å². The van der Waals surface area contributed by atoms with Crippen molar-refractivity contribution in [2.45, 2.75) is 19.6 Å². The lowest BCUT2D eigenvalue weighted by molar-refractivity contribution is 0.0689. The number of rotatable bonds is 3. The van der Waals surface area contributed by atoms with Crippen molar-refractivity contribution in [3.8, 4) is 0 Å². The predicted octanol–water partition coefficient (Wildman–Crippen LogP) is 1.31. The SMILES string of the molecule is O=C(O)c1cccc(CN2CCN3CCN(CC3)Cc3cccc(n3)C2)n1. The van der Waals surface area contributed by atoms with Crippen molar-refractivity contribution >= 4 is 5.97 Å². The van der Waals surface area contributed by atoms with Gasteiger partial charge in [0, 0.05) is 58.9 Å².